The van der Waals surface area contributed by atoms with E-state index in [4.69, 9.17) is 5.73 Å². The first-order valence-electron chi connectivity index (χ1n) is 3.94. The standard InChI is InChI=1S/C8H7F3N2O2/c9-5-2-8(13(14)15)6(10)1-4(5)7(11)3-12/h1-2,7H,3,12H2. The van der Waals surface area contributed by atoms with Crippen LogP contribution in [0.1, 0.15) is 11.7 Å². The average Bonchev–Trinajstić information content (AvgIpc) is 2.19. The molecule has 0 bridgehead atoms. The Balaban J connectivity index is 3.25. The number of hydrogen-bond donors (Lipinski definition) is 1. The number of rotatable bonds is 3. The van der Waals surface area contributed by atoms with Crippen molar-refractivity contribution >= 4 is 5.69 Å². The lowest BCUT2D eigenvalue weighted by atomic mass is 10.1. The highest BCUT2D eigenvalue weighted by Crippen LogP contribution is 2.26. The molecule has 7 heteroatoms. The van der Waals surface area contributed by atoms with Crippen LogP contribution in [0, 0.1) is 21.7 Å². The highest BCUT2D eigenvalue weighted by Gasteiger charge is 2.22. The molecule has 1 unspecified atom stereocenters. The van der Waals surface area contributed by atoms with Crippen molar-refractivity contribution in [3.63, 3.8) is 0 Å². The van der Waals surface area contributed by atoms with Crippen molar-refractivity contribution in [3.8, 4) is 0 Å². The molecule has 0 saturated carbocycles. The second kappa shape index (κ2) is 4.26. The molecule has 0 aliphatic heterocycles. The fraction of sp³-hybridized carbons (Fsp3) is 0.250. The molecule has 0 aromatic heterocycles. The summed E-state index contributed by atoms with van der Waals surface area (Å²) in [4.78, 5) is 9.12. The van der Waals surface area contributed by atoms with Gasteiger partial charge in [-0.15, -0.1) is 0 Å². The molecule has 0 heterocycles. The van der Waals surface area contributed by atoms with E-state index in [2.05, 4.69) is 0 Å². The van der Waals surface area contributed by atoms with Gasteiger partial charge in [0.1, 0.15) is 12.0 Å². The monoisotopic (exact) mass is 220 g/mol. The molecule has 0 fully saturated rings. The minimum Gasteiger partial charge on any atom is -0.327 e. The summed E-state index contributed by atoms with van der Waals surface area (Å²) < 4.78 is 39.0. The maximum atomic E-state index is 13.1. The largest absolute Gasteiger partial charge is 0.327 e. The number of benzene rings is 1. The van der Waals surface area contributed by atoms with Crippen LogP contribution in [0.2, 0.25) is 0 Å². The van der Waals surface area contributed by atoms with Crippen molar-refractivity contribution in [1.29, 1.82) is 0 Å². The van der Waals surface area contributed by atoms with Crippen LogP contribution in [0.25, 0.3) is 0 Å². The maximum Gasteiger partial charge on any atom is 0.307 e. The minimum atomic E-state index is -1.87. The number of alkyl halides is 1. The van der Waals surface area contributed by atoms with Gasteiger partial charge in [-0.1, -0.05) is 0 Å². The van der Waals surface area contributed by atoms with Gasteiger partial charge in [0.05, 0.1) is 11.0 Å². The van der Waals surface area contributed by atoms with E-state index in [0.717, 1.165) is 0 Å². The van der Waals surface area contributed by atoms with Gasteiger partial charge in [0, 0.05) is 12.1 Å². The maximum absolute atomic E-state index is 13.1. The van der Waals surface area contributed by atoms with Crippen molar-refractivity contribution in [2.45, 2.75) is 6.17 Å². The van der Waals surface area contributed by atoms with Crippen LogP contribution in [0.15, 0.2) is 12.1 Å². The number of nitro groups is 1. The fourth-order valence-electron chi connectivity index (χ4n) is 1.06. The number of nitrogens with two attached hydrogens (primary N) is 1. The first kappa shape index (κ1) is 11.4. The lowest BCUT2D eigenvalue weighted by Gasteiger charge is -2.06. The fourth-order valence-corrected chi connectivity index (χ4v) is 1.06. The third-order valence-corrected chi connectivity index (χ3v) is 1.81. The van der Waals surface area contributed by atoms with Gasteiger partial charge in [-0.3, -0.25) is 10.1 Å². The summed E-state index contributed by atoms with van der Waals surface area (Å²) in [5.41, 5.74) is 3.28. The molecule has 0 aliphatic rings. The van der Waals surface area contributed by atoms with Crippen molar-refractivity contribution in [1.82, 2.24) is 0 Å². The first-order chi connectivity index (χ1) is 6.97. The Hall–Kier alpha value is -1.63. The normalized spacial score (nSPS) is 12.5. The molecule has 1 atom stereocenters. The molecule has 0 aliphatic carbocycles. The van der Waals surface area contributed by atoms with Crippen molar-refractivity contribution < 1.29 is 18.1 Å². The summed E-state index contributed by atoms with van der Waals surface area (Å²) >= 11 is 0. The van der Waals surface area contributed by atoms with Gasteiger partial charge >= 0.3 is 5.69 Å². The van der Waals surface area contributed by atoms with E-state index in [1.165, 1.54) is 0 Å². The van der Waals surface area contributed by atoms with Gasteiger partial charge in [0.25, 0.3) is 0 Å². The first-order valence-corrected chi connectivity index (χ1v) is 3.94. The third kappa shape index (κ3) is 2.24. The van der Waals surface area contributed by atoms with E-state index >= 15 is 0 Å². The van der Waals surface area contributed by atoms with Crippen molar-refractivity contribution in [2.24, 2.45) is 5.73 Å². The van der Waals surface area contributed by atoms with Gasteiger partial charge in [0.2, 0.25) is 5.82 Å². The van der Waals surface area contributed by atoms with E-state index in [1.54, 1.807) is 0 Å². The molecule has 0 amide bonds. The molecule has 2 N–H and O–H groups in total. The minimum absolute atomic E-state index is 0.340. The smallest absolute Gasteiger partial charge is 0.307 e. The highest BCUT2D eigenvalue weighted by atomic mass is 19.1. The molecule has 0 radical (unpaired) electrons. The molecular weight excluding hydrogens is 213 g/mol. The van der Waals surface area contributed by atoms with Crippen LogP contribution in [-0.2, 0) is 0 Å². The molecule has 15 heavy (non-hydrogen) atoms. The molecule has 82 valence electrons. The van der Waals surface area contributed by atoms with E-state index < -0.39 is 40.5 Å². The van der Waals surface area contributed by atoms with Crippen LogP contribution in [0.4, 0.5) is 18.9 Å². The quantitative estimate of drug-likeness (QED) is 0.624. The Morgan fingerprint density at radius 2 is 2.00 bits per heavy atom. The second-order valence-corrected chi connectivity index (χ2v) is 2.79. The highest BCUT2D eigenvalue weighted by molar-refractivity contribution is 5.37. The van der Waals surface area contributed by atoms with Crippen LogP contribution in [0.3, 0.4) is 0 Å². The number of nitrogens with zero attached hydrogens (tertiary/aromatic N) is 1. The Kier molecular flexibility index (Phi) is 3.25. The van der Waals surface area contributed by atoms with Gasteiger partial charge in [-0.25, -0.2) is 8.78 Å². The Morgan fingerprint density at radius 3 is 2.47 bits per heavy atom. The van der Waals surface area contributed by atoms with Gasteiger partial charge in [-0.2, -0.15) is 4.39 Å². The van der Waals surface area contributed by atoms with Gasteiger partial charge < -0.3 is 5.73 Å². The van der Waals surface area contributed by atoms with Crippen LogP contribution < -0.4 is 5.73 Å². The Morgan fingerprint density at radius 1 is 1.40 bits per heavy atom. The molecule has 1 rings (SSSR count). The zero-order chi connectivity index (χ0) is 11.6. The lowest BCUT2D eigenvalue weighted by molar-refractivity contribution is -0.387. The SMILES string of the molecule is NCC(F)c1cc(F)c([N+](=O)[O-])cc1F. The number of hydrogen-bond acceptors (Lipinski definition) is 3. The molecular formula is C8H7F3N2O2. The number of nitro benzene ring substituents is 1. The lowest BCUT2D eigenvalue weighted by Crippen LogP contribution is -2.10. The van der Waals surface area contributed by atoms with Gasteiger partial charge in [0.15, 0.2) is 0 Å². The van der Waals surface area contributed by atoms with Gasteiger partial charge in [-0.05, 0) is 6.07 Å². The summed E-state index contributed by atoms with van der Waals surface area (Å²) in [5.74, 6) is -2.46. The predicted molar refractivity (Wildman–Crippen MR) is 45.9 cm³/mol. The third-order valence-electron chi connectivity index (χ3n) is 1.81. The van der Waals surface area contributed by atoms with Crippen LogP contribution in [-0.4, -0.2) is 11.5 Å². The Labute approximate surface area is 82.7 Å². The summed E-state index contributed by atoms with van der Waals surface area (Å²) in [6, 6.07) is 0.790. The molecule has 4 nitrogen and oxygen atoms in total. The zero-order valence-electron chi connectivity index (χ0n) is 7.41. The molecule has 1 aromatic rings. The second-order valence-electron chi connectivity index (χ2n) is 2.79. The van der Waals surface area contributed by atoms with Crippen molar-refractivity contribution in [2.75, 3.05) is 6.54 Å². The molecule has 1 aromatic carbocycles. The van der Waals surface area contributed by atoms with E-state index in [1.807, 2.05) is 0 Å². The number of halogens is 3. The predicted octanol–water partition coefficient (Wildman–Crippen LogP) is 1.84. The van der Waals surface area contributed by atoms with E-state index in [-0.39, 0.29) is 0 Å². The van der Waals surface area contributed by atoms with E-state index in [9.17, 15) is 23.3 Å². The Bertz CT molecular complexity index is 398. The zero-order valence-corrected chi connectivity index (χ0v) is 7.41. The summed E-state index contributed by atoms with van der Waals surface area (Å²) in [6.45, 7) is -0.520. The van der Waals surface area contributed by atoms with Crippen molar-refractivity contribution in [3.05, 3.63) is 39.4 Å². The summed E-state index contributed by atoms with van der Waals surface area (Å²) in [5, 5.41) is 10.2. The molecule has 0 spiro atoms. The average molecular weight is 220 g/mol. The summed E-state index contributed by atoms with van der Waals surface area (Å²) in [6.07, 6.45) is -1.87. The van der Waals surface area contributed by atoms with E-state index in [0.29, 0.717) is 12.1 Å². The topological polar surface area (TPSA) is 69.2 Å². The summed E-state index contributed by atoms with van der Waals surface area (Å²) in [7, 11) is 0. The molecule has 0 saturated heterocycles. The van der Waals surface area contributed by atoms with Crippen LogP contribution in [0.5, 0.6) is 0 Å². The van der Waals surface area contributed by atoms with Crippen LogP contribution >= 0.6 is 0 Å².